The molecule has 3 aromatic rings. The van der Waals surface area contributed by atoms with Gasteiger partial charge >= 0.3 is 0 Å². The molecule has 1 aromatic heterocycles. The summed E-state index contributed by atoms with van der Waals surface area (Å²) in [5.41, 5.74) is 4.97. The highest BCUT2D eigenvalue weighted by Gasteiger charge is 2.17. The topological polar surface area (TPSA) is 13.1 Å². The van der Waals surface area contributed by atoms with Crippen molar-refractivity contribution in [3.63, 3.8) is 0 Å². The van der Waals surface area contributed by atoms with Gasteiger partial charge < -0.3 is 4.42 Å². The van der Waals surface area contributed by atoms with Crippen molar-refractivity contribution in [1.82, 2.24) is 0 Å². The van der Waals surface area contributed by atoms with Gasteiger partial charge in [0.05, 0.1) is 0 Å². The van der Waals surface area contributed by atoms with Crippen molar-refractivity contribution in [3.8, 4) is 0 Å². The van der Waals surface area contributed by atoms with Gasteiger partial charge in [0.2, 0.25) is 0 Å². The molecule has 1 nitrogen and oxygen atoms in total. The highest BCUT2D eigenvalue weighted by Crippen LogP contribution is 2.33. The van der Waals surface area contributed by atoms with Gasteiger partial charge in [-0.05, 0) is 35.6 Å². The zero-order valence-electron chi connectivity index (χ0n) is 12.2. The Morgan fingerprint density at radius 2 is 1.90 bits per heavy atom. The molecule has 104 valence electrons. The Hall–Kier alpha value is -2.28. The molecule has 2 aromatic carbocycles. The van der Waals surface area contributed by atoms with Crippen LogP contribution in [0.3, 0.4) is 0 Å². The second-order valence-corrected chi connectivity index (χ2v) is 5.97. The molecule has 1 unspecified atom stereocenters. The van der Waals surface area contributed by atoms with Crippen LogP contribution in [0.4, 0.5) is 0 Å². The highest BCUT2D eigenvalue weighted by atomic mass is 16.3. The van der Waals surface area contributed by atoms with Crippen molar-refractivity contribution >= 4 is 17.0 Å². The summed E-state index contributed by atoms with van der Waals surface area (Å²) in [6, 6.07) is 17.2. The van der Waals surface area contributed by atoms with Crippen LogP contribution in [0.1, 0.15) is 29.4 Å². The summed E-state index contributed by atoms with van der Waals surface area (Å²) in [6.07, 6.45) is 6.48. The minimum Gasteiger partial charge on any atom is -0.460 e. The van der Waals surface area contributed by atoms with Gasteiger partial charge in [0.25, 0.3) is 0 Å². The monoisotopic (exact) mass is 274 g/mol. The summed E-state index contributed by atoms with van der Waals surface area (Å²) in [5.74, 6) is 1.71. The van der Waals surface area contributed by atoms with Gasteiger partial charge in [0.1, 0.15) is 11.3 Å². The molecule has 0 radical (unpaired) electrons. The first-order valence-corrected chi connectivity index (χ1v) is 7.56. The predicted octanol–water partition coefficient (Wildman–Crippen LogP) is 5.23. The lowest BCUT2D eigenvalue weighted by Crippen LogP contribution is -2.00. The van der Waals surface area contributed by atoms with Gasteiger partial charge in [0.15, 0.2) is 0 Å². The lowest BCUT2D eigenvalue weighted by molar-refractivity contribution is 0.513. The summed E-state index contributed by atoms with van der Waals surface area (Å²) in [7, 11) is 0. The van der Waals surface area contributed by atoms with Gasteiger partial charge in [-0.1, -0.05) is 55.5 Å². The van der Waals surface area contributed by atoms with Crippen LogP contribution in [0, 0.1) is 5.92 Å². The van der Waals surface area contributed by atoms with Gasteiger partial charge in [-0.3, -0.25) is 0 Å². The molecule has 0 N–H and O–H groups in total. The first-order chi connectivity index (χ1) is 10.3. The summed E-state index contributed by atoms with van der Waals surface area (Å²) >= 11 is 0. The van der Waals surface area contributed by atoms with E-state index in [0.717, 1.165) is 24.2 Å². The molecule has 0 bridgehead atoms. The highest BCUT2D eigenvalue weighted by molar-refractivity contribution is 5.89. The van der Waals surface area contributed by atoms with E-state index >= 15 is 0 Å². The zero-order valence-corrected chi connectivity index (χ0v) is 12.2. The molecule has 1 aliphatic rings. The van der Waals surface area contributed by atoms with Crippen molar-refractivity contribution in [3.05, 3.63) is 77.1 Å². The zero-order chi connectivity index (χ0) is 14.2. The van der Waals surface area contributed by atoms with Gasteiger partial charge in [-0.2, -0.15) is 0 Å². The molecule has 0 spiro atoms. The number of hydrogen-bond acceptors (Lipinski definition) is 1. The van der Waals surface area contributed by atoms with Crippen molar-refractivity contribution in [2.24, 2.45) is 5.92 Å². The minimum absolute atomic E-state index is 0.571. The van der Waals surface area contributed by atoms with Crippen LogP contribution >= 0.6 is 0 Å². The van der Waals surface area contributed by atoms with Crippen molar-refractivity contribution < 1.29 is 4.42 Å². The molecule has 1 atom stereocenters. The van der Waals surface area contributed by atoms with E-state index in [0.29, 0.717) is 5.92 Å². The Kier molecular flexibility index (Phi) is 2.92. The Balaban J connectivity index is 1.75. The third-order valence-electron chi connectivity index (χ3n) is 4.22. The molecule has 0 aliphatic heterocycles. The number of rotatable bonds is 2. The molecule has 0 saturated heterocycles. The van der Waals surface area contributed by atoms with E-state index in [4.69, 9.17) is 4.42 Å². The fourth-order valence-electron chi connectivity index (χ4n) is 3.11. The third-order valence-corrected chi connectivity index (χ3v) is 4.22. The van der Waals surface area contributed by atoms with Crippen LogP contribution < -0.4 is 0 Å². The molecule has 1 heterocycles. The van der Waals surface area contributed by atoms with Crippen LogP contribution in [-0.2, 0) is 12.8 Å². The van der Waals surface area contributed by atoms with Crippen LogP contribution in [0.25, 0.3) is 17.0 Å². The van der Waals surface area contributed by atoms with Gasteiger partial charge in [-0.25, -0.2) is 0 Å². The number of hydrogen-bond donors (Lipinski definition) is 0. The van der Waals surface area contributed by atoms with Crippen molar-refractivity contribution in [2.75, 3.05) is 0 Å². The largest absolute Gasteiger partial charge is 0.460 e. The standard InChI is InChI=1S/C20H18O/c1-14-7-9-17-18-13-16(12-15-5-3-2-4-6-15)8-10-19(18)21-20(17)11-14/h2-10,13-14H,11-12H2,1H3. The lowest BCUT2D eigenvalue weighted by atomic mass is 9.94. The van der Waals surface area contributed by atoms with E-state index < -0.39 is 0 Å². The predicted molar refractivity (Wildman–Crippen MR) is 87.4 cm³/mol. The first kappa shape index (κ1) is 12.5. The average molecular weight is 274 g/mol. The van der Waals surface area contributed by atoms with Crippen LogP contribution in [0.2, 0.25) is 0 Å². The van der Waals surface area contributed by atoms with Crippen molar-refractivity contribution in [2.45, 2.75) is 19.8 Å². The van der Waals surface area contributed by atoms with Crippen LogP contribution in [0.15, 0.2) is 59.0 Å². The van der Waals surface area contributed by atoms with E-state index in [9.17, 15) is 0 Å². The number of allylic oxidation sites excluding steroid dienone is 1. The maximum absolute atomic E-state index is 6.01. The summed E-state index contributed by atoms with van der Waals surface area (Å²) in [5, 5.41) is 1.25. The Morgan fingerprint density at radius 3 is 2.76 bits per heavy atom. The summed E-state index contributed by atoms with van der Waals surface area (Å²) < 4.78 is 6.01. The van der Waals surface area contributed by atoms with Gasteiger partial charge in [0, 0.05) is 17.4 Å². The Bertz CT molecular complexity index is 808. The molecular weight excluding hydrogens is 256 g/mol. The van der Waals surface area contributed by atoms with Crippen LogP contribution in [0.5, 0.6) is 0 Å². The lowest BCUT2D eigenvalue weighted by Gasteiger charge is -2.09. The fourth-order valence-corrected chi connectivity index (χ4v) is 3.11. The smallest absolute Gasteiger partial charge is 0.134 e. The van der Waals surface area contributed by atoms with Crippen LogP contribution in [-0.4, -0.2) is 0 Å². The Morgan fingerprint density at radius 1 is 1.05 bits per heavy atom. The molecular formula is C20H18O. The molecule has 1 heteroatoms. The number of fused-ring (bicyclic) bond motifs is 3. The first-order valence-electron chi connectivity index (χ1n) is 7.56. The minimum atomic E-state index is 0.571. The molecule has 0 saturated carbocycles. The SMILES string of the molecule is CC1C=Cc2c(oc3ccc(Cc4ccccc4)cc23)C1. The maximum Gasteiger partial charge on any atom is 0.134 e. The fraction of sp³-hybridized carbons (Fsp3) is 0.200. The summed E-state index contributed by atoms with van der Waals surface area (Å²) in [6.45, 7) is 2.23. The normalized spacial score (nSPS) is 17.1. The second-order valence-electron chi connectivity index (χ2n) is 5.97. The second kappa shape index (κ2) is 4.92. The van der Waals surface area contributed by atoms with E-state index in [1.807, 2.05) is 0 Å². The van der Waals surface area contributed by atoms with E-state index in [-0.39, 0.29) is 0 Å². The van der Waals surface area contributed by atoms with E-state index in [1.54, 1.807) is 0 Å². The van der Waals surface area contributed by atoms with Crippen molar-refractivity contribution in [1.29, 1.82) is 0 Å². The molecule has 0 amide bonds. The quantitative estimate of drug-likeness (QED) is 0.623. The van der Waals surface area contributed by atoms with E-state index in [1.165, 1.54) is 22.1 Å². The number of furan rings is 1. The van der Waals surface area contributed by atoms with E-state index in [2.05, 4.69) is 67.6 Å². The summed E-state index contributed by atoms with van der Waals surface area (Å²) in [4.78, 5) is 0. The molecule has 21 heavy (non-hydrogen) atoms. The molecule has 4 rings (SSSR count). The molecule has 1 aliphatic carbocycles. The maximum atomic E-state index is 6.01. The Labute approximate surface area is 124 Å². The number of benzene rings is 2. The van der Waals surface area contributed by atoms with Gasteiger partial charge in [-0.15, -0.1) is 0 Å². The average Bonchev–Trinajstić information content (AvgIpc) is 2.85. The third kappa shape index (κ3) is 2.29. The molecule has 0 fully saturated rings.